The standard InChI is InChI=1S/C23H31NO4/c1-6-16-9-12-18(13-10-16)28-20(8-3)23(25)24-19(7-2)17-11-14-21(26-4)22(15-17)27-5/h9-15,19-20H,6-8H2,1-5H3,(H,24,25)/t19-,20+/m1/s1. The third-order valence-electron chi connectivity index (χ3n) is 4.81. The quantitative estimate of drug-likeness (QED) is 0.644. The van der Waals surface area contributed by atoms with Gasteiger partial charge in [0, 0.05) is 0 Å². The molecule has 5 nitrogen and oxygen atoms in total. The molecule has 0 spiro atoms. The summed E-state index contributed by atoms with van der Waals surface area (Å²) < 4.78 is 16.6. The molecule has 0 bridgehead atoms. The molecule has 152 valence electrons. The summed E-state index contributed by atoms with van der Waals surface area (Å²) in [6, 6.07) is 13.5. The average molecular weight is 386 g/mol. The minimum absolute atomic E-state index is 0.122. The lowest BCUT2D eigenvalue weighted by molar-refractivity contribution is -0.128. The van der Waals surface area contributed by atoms with E-state index in [9.17, 15) is 4.79 Å². The molecule has 2 rings (SSSR count). The van der Waals surface area contributed by atoms with Gasteiger partial charge in [0.2, 0.25) is 0 Å². The van der Waals surface area contributed by atoms with Crippen LogP contribution in [0.2, 0.25) is 0 Å². The zero-order valence-corrected chi connectivity index (χ0v) is 17.5. The van der Waals surface area contributed by atoms with Crippen molar-refractivity contribution in [2.24, 2.45) is 0 Å². The Kier molecular flexibility index (Phi) is 8.18. The van der Waals surface area contributed by atoms with Gasteiger partial charge >= 0.3 is 0 Å². The second-order valence-corrected chi connectivity index (χ2v) is 6.60. The molecule has 0 aliphatic heterocycles. The van der Waals surface area contributed by atoms with E-state index in [0.29, 0.717) is 23.7 Å². The van der Waals surface area contributed by atoms with Crippen molar-refractivity contribution in [2.75, 3.05) is 14.2 Å². The Morgan fingerprint density at radius 2 is 1.61 bits per heavy atom. The Morgan fingerprint density at radius 3 is 2.14 bits per heavy atom. The summed E-state index contributed by atoms with van der Waals surface area (Å²) in [6.45, 7) is 6.09. The topological polar surface area (TPSA) is 56.8 Å². The van der Waals surface area contributed by atoms with Crippen molar-refractivity contribution in [1.29, 1.82) is 0 Å². The van der Waals surface area contributed by atoms with Crippen molar-refractivity contribution in [1.82, 2.24) is 5.32 Å². The zero-order valence-electron chi connectivity index (χ0n) is 17.5. The second kappa shape index (κ2) is 10.6. The maximum atomic E-state index is 12.8. The average Bonchev–Trinajstić information content (AvgIpc) is 2.75. The van der Waals surface area contributed by atoms with E-state index in [1.807, 2.05) is 56.3 Å². The Hall–Kier alpha value is -2.69. The number of nitrogens with one attached hydrogen (secondary N) is 1. The van der Waals surface area contributed by atoms with Crippen molar-refractivity contribution < 1.29 is 19.0 Å². The fraction of sp³-hybridized carbons (Fsp3) is 0.435. The highest BCUT2D eigenvalue weighted by atomic mass is 16.5. The van der Waals surface area contributed by atoms with Gasteiger partial charge in [0.15, 0.2) is 17.6 Å². The van der Waals surface area contributed by atoms with E-state index in [1.165, 1.54) is 5.56 Å². The van der Waals surface area contributed by atoms with Crippen LogP contribution in [-0.2, 0) is 11.2 Å². The van der Waals surface area contributed by atoms with Crippen LogP contribution in [-0.4, -0.2) is 26.2 Å². The molecule has 0 aliphatic rings. The van der Waals surface area contributed by atoms with Crippen molar-refractivity contribution in [2.45, 2.75) is 52.2 Å². The van der Waals surface area contributed by atoms with Crippen LogP contribution in [0.25, 0.3) is 0 Å². The first-order valence-corrected chi connectivity index (χ1v) is 9.84. The maximum Gasteiger partial charge on any atom is 0.261 e. The van der Waals surface area contributed by atoms with Gasteiger partial charge in [0.1, 0.15) is 5.75 Å². The van der Waals surface area contributed by atoms with E-state index in [4.69, 9.17) is 14.2 Å². The highest BCUT2D eigenvalue weighted by molar-refractivity contribution is 5.81. The van der Waals surface area contributed by atoms with Gasteiger partial charge in [0.05, 0.1) is 20.3 Å². The number of carbonyl (C=O) groups excluding carboxylic acids is 1. The monoisotopic (exact) mass is 385 g/mol. The number of ether oxygens (including phenoxy) is 3. The molecular formula is C23H31NO4. The Balaban J connectivity index is 2.10. The van der Waals surface area contributed by atoms with E-state index in [1.54, 1.807) is 14.2 Å². The lowest BCUT2D eigenvalue weighted by Crippen LogP contribution is -2.39. The van der Waals surface area contributed by atoms with Gasteiger partial charge in [-0.15, -0.1) is 0 Å². The van der Waals surface area contributed by atoms with Gasteiger partial charge in [-0.2, -0.15) is 0 Å². The smallest absolute Gasteiger partial charge is 0.261 e. The van der Waals surface area contributed by atoms with Gasteiger partial charge < -0.3 is 19.5 Å². The zero-order chi connectivity index (χ0) is 20.5. The number of amides is 1. The van der Waals surface area contributed by atoms with E-state index in [-0.39, 0.29) is 11.9 Å². The van der Waals surface area contributed by atoms with Crippen molar-refractivity contribution in [3.05, 3.63) is 53.6 Å². The van der Waals surface area contributed by atoms with Crippen LogP contribution >= 0.6 is 0 Å². The van der Waals surface area contributed by atoms with Crippen LogP contribution in [0.4, 0.5) is 0 Å². The summed E-state index contributed by atoms with van der Waals surface area (Å²) in [5, 5.41) is 3.11. The minimum Gasteiger partial charge on any atom is -0.493 e. The van der Waals surface area contributed by atoms with Gasteiger partial charge in [-0.05, 0) is 54.7 Å². The summed E-state index contributed by atoms with van der Waals surface area (Å²) >= 11 is 0. The van der Waals surface area contributed by atoms with E-state index in [0.717, 1.165) is 18.4 Å². The molecule has 2 atom stereocenters. The first-order chi connectivity index (χ1) is 13.6. The number of benzene rings is 2. The normalized spacial score (nSPS) is 12.8. The van der Waals surface area contributed by atoms with Gasteiger partial charge in [-0.25, -0.2) is 0 Å². The number of hydrogen-bond donors (Lipinski definition) is 1. The summed E-state index contributed by atoms with van der Waals surface area (Å²) in [6.07, 6.45) is 1.77. The predicted octanol–water partition coefficient (Wildman–Crippen LogP) is 4.69. The number of carbonyl (C=O) groups is 1. The molecule has 0 unspecified atom stereocenters. The van der Waals surface area contributed by atoms with E-state index >= 15 is 0 Å². The van der Waals surface area contributed by atoms with Gasteiger partial charge in [-0.1, -0.05) is 39.0 Å². The molecule has 2 aromatic rings. The number of rotatable bonds is 10. The molecule has 0 fully saturated rings. The van der Waals surface area contributed by atoms with Crippen LogP contribution in [0.1, 0.15) is 50.8 Å². The van der Waals surface area contributed by atoms with Crippen molar-refractivity contribution in [3.8, 4) is 17.2 Å². The molecule has 28 heavy (non-hydrogen) atoms. The fourth-order valence-corrected chi connectivity index (χ4v) is 3.05. The van der Waals surface area contributed by atoms with Crippen LogP contribution in [0.5, 0.6) is 17.2 Å². The summed E-state index contributed by atoms with van der Waals surface area (Å²) in [5.41, 5.74) is 2.21. The van der Waals surface area contributed by atoms with Gasteiger partial charge in [0.25, 0.3) is 5.91 Å². The minimum atomic E-state index is -0.540. The molecule has 1 N–H and O–H groups in total. The summed E-state index contributed by atoms with van der Waals surface area (Å²) in [5.74, 6) is 1.90. The lowest BCUT2D eigenvalue weighted by Gasteiger charge is -2.23. The molecule has 0 heterocycles. The predicted molar refractivity (Wildman–Crippen MR) is 111 cm³/mol. The molecule has 1 amide bonds. The molecule has 0 saturated carbocycles. The first-order valence-electron chi connectivity index (χ1n) is 9.84. The van der Waals surface area contributed by atoms with Gasteiger partial charge in [-0.3, -0.25) is 4.79 Å². The van der Waals surface area contributed by atoms with Crippen LogP contribution in [0.15, 0.2) is 42.5 Å². The van der Waals surface area contributed by atoms with Crippen LogP contribution < -0.4 is 19.5 Å². The number of methoxy groups -OCH3 is 2. The lowest BCUT2D eigenvalue weighted by atomic mass is 10.0. The highest BCUT2D eigenvalue weighted by Gasteiger charge is 2.22. The third kappa shape index (κ3) is 5.41. The van der Waals surface area contributed by atoms with Crippen LogP contribution in [0.3, 0.4) is 0 Å². The van der Waals surface area contributed by atoms with Crippen molar-refractivity contribution in [3.63, 3.8) is 0 Å². The van der Waals surface area contributed by atoms with Crippen molar-refractivity contribution >= 4 is 5.91 Å². The molecule has 0 radical (unpaired) electrons. The first kappa shape index (κ1) is 21.6. The maximum absolute atomic E-state index is 12.8. The van der Waals surface area contributed by atoms with E-state index in [2.05, 4.69) is 12.2 Å². The highest BCUT2D eigenvalue weighted by Crippen LogP contribution is 2.31. The molecule has 5 heteroatoms. The molecule has 0 aromatic heterocycles. The Morgan fingerprint density at radius 1 is 0.929 bits per heavy atom. The Bertz CT molecular complexity index is 758. The molecule has 2 aromatic carbocycles. The Labute approximate surface area is 168 Å². The number of hydrogen-bond acceptors (Lipinski definition) is 4. The SMILES string of the molecule is CCc1ccc(O[C@@H](CC)C(=O)N[C@H](CC)c2ccc(OC)c(OC)c2)cc1. The molecular weight excluding hydrogens is 354 g/mol. The van der Waals surface area contributed by atoms with Crippen LogP contribution in [0, 0.1) is 0 Å². The summed E-state index contributed by atoms with van der Waals surface area (Å²) in [4.78, 5) is 12.8. The number of aryl methyl sites for hydroxylation is 1. The third-order valence-corrected chi connectivity index (χ3v) is 4.81. The fourth-order valence-electron chi connectivity index (χ4n) is 3.05. The second-order valence-electron chi connectivity index (χ2n) is 6.60. The molecule has 0 aliphatic carbocycles. The van der Waals surface area contributed by atoms with E-state index < -0.39 is 6.10 Å². The molecule has 0 saturated heterocycles. The largest absolute Gasteiger partial charge is 0.493 e. The summed E-state index contributed by atoms with van der Waals surface area (Å²) in [7, 11) is 3.21.